The summed E-state index contributed by atoms with van der Waals surface area (Å²) in [6, 6.07) is -0.901. The molecule has 2 unspecified atom stereocenters. The zero-order valence-electron chi connectivity index (χ0n) is 12.5. The summed E-state index contributed by atoms with van der Waals surface area (Å²) >= 11 is 0. The first-order valence-corrected chi connectivity index (χ1v) is 7.70. The van der Waals surface area contributed by atoms with E-state index in [1.807, 2.05) is 13.8 Å². The van der Waals surface area contributed by atoms with Gasteiger partial charge in [0.1, 0.15) is 6.04 Å². The summed E-state index contributed by atoms with van der Waals surface area (Å²) in [6.07, 6.45) is 5.84. The normalized spacial score (nSPS) is 30.6. The molecule has 114 valence electrons. The van der Waals surface area contributed by atoms with E-state index in [9.17, 15) is 14.7 Å². The van der Waals surface area contributed by atoms with Crippen molar-refractivity contribution in [2.45, 2.75) is 64.5 Å². The van der Waals surface area contributed by atoms with Gasteiger partial charge in [0.15, 0.2) is 0 Å². The number of hydrogen-bond acceptors (Lipinski definition) is 3. The number of rotatable bonds is 2. The first-order valence-electron chi connectivity index (χ1n) is 7.70. The minimum atomic E-state index is -0.878. The van der Waals surface area contributed by atoms with E-state index in [-0.39, 0.29) is 17.4 Å². The van der Waals surface area contributed by atoms with E-state index in [2.05, 4.69) is 5.32 Å². The molecule has 0 aromatic heterocycles. The van der Waals surface area contributed by atoms with Crippen molar-refractivity contribution in [2.24, 2.45) is 5.41 Å². The van der Waals surface area contributed by atoms with Crippen molar-refractivity contribution in [1.82, 2.24) is 10.2 Å². The lowest BCUT2D eigenvalue weighted by Gasteiger charge is -2.45. The molecule has 5 heteroatoms. The number of piperidine rings is 1. The lowest BCUT2D eigenvalue weighted by atomic mass is 9.76. The molecular formula is C15H26N2O3. The molecule has 5 nitrogen and oxygen atoms in total. The van der Waals surface area contributed by atoms with E-state index in [4.69, 9.17) is 0 Å². The summed E-state index contributed by atoms with van der Waals surface area (Å²) in [5.41, 5.74) is -0.357. The molecule has 2 fully saturated rings. The van der Waals surface area contributed by atoms with Crippen LogP contribution in [0.1, 0.15) is 52.4 Å². The molecular weight excluding hydrogens is 256 g/mol. The molecule has 0 bridgehead atoms. The van der Waals surface area contributed by atoms with Crippen molar-refractivity contribution in [2.75, 3.05) is 13.1 Å². The predicted octanol–water partition coefficient (Wildman–Crippen LogP) is 1.62. The predicted molar refractivity (Wildman–Crippen MR) is 76.4 cm³/mol. The number of nitrogens with one attached hydrogen (secondary N) is 1. The first-order chi connectivity index (χ1) is 9.43. The van der Waals surface area contributed by atoms with Crippen LogP contribution in [0.15, 0.2) is 0 Å². The van der Waals surface area contributed by atoms with Gasteiger partial charge in [-0.05, 0) is 37.6 Å². The average Bonchev–Trinajstić information content (AvgIpc) is 2.64. The Labute approximate surface area is 120 Å². The molecule has 2 saturated heterocycles. The molecule has 1 amide bonds. The summed E-state index contributed by atoms with van der Waals surface area (Å²) in [7, 11) is 0. The number of hydrogen-bond donors (Lipinski definition) is 2. The Hall–Kier alpha value is -1.10. The highest BCUT2D eigenvalue weighted by atomic mass is 16.4. The fourth-order valence-corrected chi connectivity index (χ4v) is 3.54. The SMILES string of the molecule is CC1(C)CCCN(C(=O)C2CCCCCN2)C1C(=O)O. The monoisotopic (exact) mass is 282 g/mol. The van der Waals surface area contributed by atoms with E-state index < -0.39 is 12.0 Å². The highest BCUT2D eigenvalue weighted by molar-refractivity contribution is 5.87. The Bertz CT molecular complexity index is 373. The van der Waals surface area contributed by atoms with Crippen LogP contribution in [0, 0.1) is 5.41 Å². The summed E-state index contributed by atoms with van der Waals surface area (Å²) in [6.45, 7) is 5.32. The van der Waals surface area contributed by atoms with Crippen molar-refractivity contribution in [1.29, 1.82) is 0 Å². The number of carbonyl (C=O) groups is 2. The molecule has 0 spiro atoms. The van der Waals surface area contributed by atoms with Crippen LogP contribution in [0.3, 0.4) is 0 Å². The zero-order valence-corrected chi connectivity index (χ0v) is 12.5. The highest BCUT2D eigenvalue weighted by Gasteiger charge is 2.45. The molecule has 2 atom stereocenters. The molecule has 0 aliphatic carbocycles. The van der Waals surface area contributed by atoms with Crippen LogP contribution in [0.25, 0.3) is 0 Å². The second-order valence-electron chi connectivity index (χ2n) is 6.72. The van der Waals surface area contributed by atoms with Crippen LogP contribution in [-0.4, -0.2) is 47.1 Å². The molecule has 0 aromatic rings. The molecule has 2 aliphatic heterocycles. The van der Waals surface area contributed by atoms with E-state index in [0.29, 0.717) is 6.54 Å². The van der Waals surface area contributed by atoms with Crippen molar-refractivity contribution in [3.8, 4) is 0 Å². The third-order valence-electron chi connectivity index (χ3n) is 4.65. The summed E-state index contributed by atoms with van der Waals surface area (Å²) < 4.78 is 0. The highest BCUT2D eigenvalue weighted by Crippen LogP contribution is 2.35. The van der Waals surface area contributed by atoms with E-state index >= 15 is 0 Å². The second-order valence-corrected chi connectivity index (χ2v) is 6.72. The van der Waals surface area contributed by atoms with Crippen LogP contribution >= 0.6 is 0 Å². The van der Waals surface area contributed by atoms with Crippen LogP contribution in [0.5, 0.6) is 0 Å². The number of nitrogens with zero attached hydrogens (tertiary/aromatic N) is 1. The minimum Gasteiger partial charge on any atom is -0.480 e. The molecule has 0 saturated carbocycles. The van der Waals surface area contributed by atoms with Gasteiger partial charge in [-0.2, -0.15) is 0 Å². The van der Waals surface area contributed by atoms with Gasteiger partial charge in [-0.25, -0.2) is 4.79 Å². The summed E-state index contributed by atoms with van der Waals surface area (Å²) in [5, 5.41) is 12.8. The Morgan fingerprint density at radius 3 is 2.65 bits per heavy atom. The lowest BCUT2D eigenvalue weighted by molar-refractivity contribution is -0.159. The fourth-order valence-electron chi connectivity index (χ4n) is 3.54. The Balaban J connectivity index is 2.15. The minimum absolute atomic E-state index is 0.0212. The van der Waals surface area contributed by atoms with Crippen molar-refractivity contribution in [3.63, 3.8) is 0 Å². The third-order valence-corrected chi connectivity index (χ3v) is 4.65. The number of carbonyl (C=O) groups excluding carboxylic acids is 1. The van der Waals surface area contributed by atoms with Gasteiger partial charge in [-0.1, -0.05) is 26.7 Å². The number of likely N-dealkylation sites (tertiary alicyclic amines) is 1. The number of aliphatic carboxylic acids is 1. The standard InChI is InChI=1S/C15H26N2O3/c1-15(2)8-6-10-17(12(15)14(19)20)13(18)11-7-4-3-5-9-16-11/h11-12,16H,3-10H2,1-2H3,(H,19,20). The van der Waals surface area contributed by atoms with Gasteiger partial charge in [0.2, 0.25) is 5.91 Å². The second kappa shape index (κ2) is 6.12. The van der Waals surface area contributed by atoms with Gasteiger partial charge in [-0.3, -0.25) is 4.79 Å². The number of carboxylic acids is 1. The molecule has 2 heterocycles. The lowest BCUT2D eigenvalue weighted by Crippen LogP contribution is -2.60. The fraction of sp³-hybridized carbons (Fsp3) is 0.867. The van der Waals surface area contributed by atoms with Crippen LogP contribution in [0.2, 0.25) is 0 Å². The van der Waals surface area contributed by atoms with Gasteiger partial charge in [0.05, 0.1) is 6.04 Å². The number of carboxylic acid groups (broad SMARTS) is 1. The largest absolute Gasteiger partial charge is 0.480 e. The quantitative estimate of drug-likeness (QED) is 0.807. The van der Waals surface area contributed by atoms with Gasteiger partial charge >= 0.3 is 5.97 Å². The first kappa shape index (κ1) is 15.3. The maximum atomic E-state index is 12.7. The maximum Gasteiger partial charge on any atom is 0.326 e. The van der Waals surface area contributed by atoms with E-state index in [1.54, 1.807) is 4.90 Å². The van der Waals surface area contributed by atoms with Gasteiger partial charge in [0.25, 0.3) is 0 Å². The van der Waals surface area contributed by atoms with Crippen molar-refractivity contribution < 1.29 is 14.7 Å². The van der Waals surface area contributed by atoms with Gasteiger partial charge in [-0.15, -0.1) is 0 Å². The topological polar surface area (TPSA) is 69.6 Å². The van der Waals surface area contributed by atoms with Crippen molar-refractivity contribution in [3.05, 3.63) is 0 Å². The van der Waals surface area contributed by atoms with Crippen LogP contribution in [0.4, 0.5) is 0 Å². The Kier molecular flexibility index (Phi) is 4.68. The zero-order chi connectivity index (χ0) is 14.8. The molecule has 2 N–H and O–H groups in total. The van der Waals surface area contributed by atoms with Crippen molar-refractivity contribution >= 4 is 11.9 Å². The molecule has 0 radical (unpaired) electrons. The third kappa shape index (κ3) is 3.14. The van der Waals surface area contributed by atoms with Gasteiger partial charge < -0.3 is 15.3 Å². The van der Waals surface area contributed by atoms with Gasteiger partial charge in [0, 0.05) is 6.54 Å². The molecule has 0 aromatic carbocycles. The summed E-state index contributed by atoms with van der Waals surface area (Å²) in [5.74, 6) is -0.899. The Morgan fingerprint density at radius 2 is 1.95 bits per heavy atom. The smallest absolute Gasteiger partial charge is 0.326 e. The van der Waals surface area contributed by atoms with Crippen LogP contribution < -0.4 is 5.32 Å². The number of amides is 1. The van der Waals surface area contributed by atoms with E-state index in [1.165, 1.54) is 0 Å². The maximum absolute atomic E-state index is 12.7. The molecule has 2 rings (SSSR count). The summed E-state index contributed by atoms with van der Waals surface area (Å²) in [4.78, 5) is 25.9. The molecule has 20 heavy (non-hydrogen) atoms. The average molecular weight is 282 g/mol. The molecule has 2 aliphatic rings. The van der Waals surface area contributed by atoms with E-state index in [0.717, 1.165) is 45.1 Å². The van der Waals surface area contributed by atoms with Crippen LogP contribution in [-0.2, 0) is 9.59 Å². The Morgan fingerprint density at radius 1 is 1.20 bits per heavy atom.